The van der Waals surface area contributed by atoms with Crippen LogP contribution in [0.2, 0.25) is 0 Å². The fourth-order valence-corrected chi connectivity index (χ4v) is 3.37. The Morgan fingerprint density at radius 1 is 1.33 bits per heavy atom. The highest BCUT2D eigenvalue weighted by molar-refractivity contribution is 5.85. The molecule has 2 fully saturated rings. The van der Waals surface area contributed by atoms with Gasteiger partial charge in [-0.3, -0.25) is 14.4 Å². The van der Waals surface area contributed by atoms with Crippen molar-refractivity contribution in [2.24, 2.45) is 7.05 Å². The van der Waals surface area contributed by atoms with Crippen LogP contribution in [0.5, 0.6) is 0 Å². The van der Waals surface area contributed by atoms with Gasteiger partial charge in [0.15, 0.2) is 5.60 Å². The molecule has 1 aromatic heterocycles. The molecule has 1 aromatic rings. The second kappa shape index (κ2) is 5.77. The molecule has 6 heteroatoms. The van der Waals surface area contributed by atoms with Crippen molar-refractivity contribution in [3.05, 3.63) is 18.0 Å². The summed E-state index contributed by atoms with van der Waals surface area (Å²) >= 11 is 0. The molecule has 1 spiro atoms. The maximum absolute atomic E-state index is 12.7. The summed E-state index contributed by atoms with van der Waals surface area (Å²) in [5.74, 6) is 0.148. The molecule has 21 heavy (non-hydrogen) atoms. The van der Waals surface area contributed by atoms with E-state index in [1.54, 1.807) is 0 Å². The van der Waals surface area contributed by atoms with Crippen LogP contribution in [0.1, 0.15) is 25.0 Å². The first kappa shape index (κ1) is 14.5. The molecule has 1 unspecified atom stereocenters. The average Bonchev–Trinajstić information content (AvgIpc) is 2.82. The van der Waals surface area contributed by atoms with Gasteiger partial charge in [0.1, 0.15) is 0 Å². The van der Waals surface area contributed by atoms with Crippen molar-refractivity contribution < 1.29 is 9.53 Å². The van der Waals surface area contributed by atoms with E-state index in [2.05, 4.69) is 10.00 Å². The van der Waals surface area contributed by atoms with Crippen LogP contribution in [0, 0.1) is 0 Å². The van der Waals surface area contributed by atoms with E-state index in [-0.39, 0.29) is 5.91 Å². The van der Waals surface area contributed by atoms with Crippen LogP contribution in [-0.2, 0) is 23.1 Å². The number of carbonyl (C=O) groups excluding carboxylic acids is 1. The molecule has 1 amide bonds. The van der Waals surface area contributed by atoms with Crippen molar-refractivity contribution in [3.8, 4) is 0 Å². The Morgan fingerprint density at radius 2 is 2.19 bits per heavy atom. The molecule has 2 aliphatic heterocycles. The molecule has 0 N–H and O–H groups in total. The zero-order valence-corrected chi connectivity index (χ0v) is 12.9. The minimum Gasteiger partial charge on any atom is -0.362 e. The van der Waals surface area contributed by atoms with Gasteiger partial charge in [0.25, 0.3) is 5.91 Å². The lowest BCUT2D eigenvalue weighted by molar-refractivity contribution is -0.170. The lowest BCUT2D eigenvalue weighted by Crippen LogP contribution is -2.59. The van der Waals surface area contributed by atoms with E-state index in [9.17, 15) is 4.79 Å². The smallest absolute Gasteiger partial charge is 0.255 e. The van der Waals surface area contributed by atoms with E-state index in [0.29, 0.717) is 13.2 Å². The summed E-state index contributed by atoms with van der Waals surface area (Å²) in [6.07, 6.45) is 4.76. The second-order valence-corrected chi connectivity index (χ2v) is 6.18. The van der Waals surface area contributed by atoms with Gasteiger partial charge in [-0.2, -0.15) is 5.10 Å². The summed E-state index contributed by atoms with van der Waals surface area (Å²) in [4.78, 5) is 16.8. The van der Waals surface area contributed by atoms with Crippen LogP contribution >= 0.6 is 0 Å². The molecule has 1 atom stereocenters. The number of hydrogen-bond acceptors (Lipinski definition) is 4. The first-order chi connectivity index (χ1) is 10.1. The highest BCUT2D eigenvalue weighted by Crippen LogP contribution is 2.29. The molecule has 0 radical (unpaired) electrons. The molecule has 2 saturated heterocycles. The van der Waals surface area contributed by atoms with Gasteiger partial charge in [0, 0.05) is 46.5 Å². The van der Waals surface area contributed by atoms with Gasteiger partial charge in [0.05, 0.1) is 12.3 Å². The maximum Gasteiger partial charge on any atom is 0.255 e. The van der Waals surface area contributed by atoms with Gasteiger partial charge in [-0.1, -0.05) is 0 Å². The van der Waals surface area contributed by atoms with E-state index >= 15 is 0 Å². The molecule has 3 rings (SSSR count). The van der Waals surface area contributed by atoms with Crippen LogP contribution < -0.4 is 0 Å². The normalized spacial score (nSPS) is 28.1. The maximum atomic E-state index is 12.7. The molecule has 0 aliphatic carbocycles. The van der Waals surface area contributed by atoms with Crippen molar-refractivity contribution in [1.29, 1.82) is 0 Å². The highest BCUT2D eigenvalue weighted by atomic mass is 16.5. The predicted molar refractivity (Wildman–Crippen MR) is 78.7 cm³/mol. The monoisotopic (exact) mass is 292 g/mol. The summed E-state index contributed by atoms with van der Waals surface area (Å²) in [6.45, 7) is 3.83. The highest BCUT2D eigenvalue weighted by Gasteiger charge is 2.45. The number of hydrogen-bond donors (Lipinski definition) is 0. The van der Waals surface area contributed by atoms with Crippen LogP contribution in [-0.4, -0.2) is 64.4 Å². The van der Waals surface area contributed by atoms with E-state index in [1.165, 1.54) is 5.69 Å². The third-order valence-electron chi connectivity index (χ3n) is 4.63. The fraction of sp³-hybridized carbons (Fsp3) is 0.733. The Labute approximate surface area is 125 Å². The Morgan fingerprint density at radius 3 is 2.95 bits per heavy atom. The first-order valence-electron chi connectivity index (χ1n) is 7.69. The van der Waals surface area contributed by atoms with E-state index < -0.39 is 5.60 Å². The Kier molecular flexibility index (Phi) is 3.99. The molecular formula is C15H24N4O2. The van der Waals surface area contributed by atoms with Gasteiger partial charge in [-0.05, 0) is 25.3 Å². The van der Waals surface area contributed by atoms with Crippen LogP contribution in [0.25, 0.3) is 0 Å². The van der Waals surface area contributed by atoms with Gasteiger partial charge in [0.2, 0.25) is 0 Å². The summed E-state index contributed by atoms with van der Waals surface area (Å²) in [5.41, 5.74) is 0.531. The first-order valence-corrected chi connectivity index (χ1v) is 7.69. The number of aromatic nitrogens is 2. The zero-order valence-electron chi connectivity index (χ0n) is 12.9. The molecule has 0 saturated carbocycles. The molecule has 0 bridgehead atoms. The number of morpholine rings is 1. The van der Waals surface area contributed by atoms with E-state index in [0.717, 1.165) is 38.9 Å². The third kappa shape index (κ3) is 2.82. The topological polar surface area (TPSA) is 50.6 Å². The van der Waals surface area contributed by atoms with Gasteiger partial charge >= 0.3 is 0 Å². The van der Waals surface area contributed by atoms with Crippen molar-refractivity contribution >= 4 is 5.91 Å². The van der Waals surface area contributed by atoms with Crippen LogP contribution in [0.4, 0.5) is 0 Å². The number of rotatable bonds is 2. The quantitative estimate of drug-likeness (QED) is 0.802. The van der Waals surface area contributed by atoms with Gasteiger partial charge < -0.3 is 9.64 Å². The molecule has 0 aromatic carbocycles. The number of carbonyl (C=O) groups is 1. The Hall–Kier alpha value is -1.40. The number of aryl methyl sites for hydroxylation is 1. The van der Waals surface area contributed by atoms with Crippen LogP contribution in [0.3, 0.4) is 0 Å². The van der Waals surface area contributed by atoms with Gasteiger partial charge in [-0.25, -0.2) is 0 Å². The number of nitrogens with zero attached hydrogens (tertiary/aromatic N) is 4. The lowest BCUT2D eigenvalue weighted by atomic mass is 9.94. The largest absolute Gasteiger partial charge is 0.362 e. The fourth-order valence-electron chi connectivity index (χ4n) is 3.37. The van der Waals surface area contributed by atoms with Crippen molar-refractivity contribution in [3.63, 3.8) is 0 Å². The molecular weight excluding hydrogens is 268 g/mol. The van der Waals surface area contributed by atoms with Crippen molar-refractivity contribution in [1.82, 2.24) is 19.6 Å². The summed E-state index contributed by atoms with van der Waals surface area (Å²) in [5, 5.41) is 4.21. The summed E-state index contributed by atoms with van der Waals surface area (Å²) in [7, 11) is 3.84. The summed E-state index contributed by atoms with van der Waals surface area (Å²) in [6, 6.07) is 2.03. The number of likely N-dealkylation sites (tertiary alicyclic amines) is 1. The third-order valence-corrected chi connectivity index (χ3v) is 4.63. The summed E-state index contributed by atoms with van der Waals surface area (Å²) < 4.78 is 7.89. The Balaban J connectivity index is 1.75. The van der Waals surface area contributed by atoms with Crippen molar-refractivity contribution in [2.75, 3.05) is 33.3 Å². The van der Waals surface area contributed by atoms with E-state index in [1.807, 2.05) is 35.9 Å². The predicted octanol–water partition coefficient (Wildman–Crippen LogP) is 0.633. The van der Waals surface area contributed by atoms with Crippen LogP contribution in [0.15, 0.2) is 12.3 Å². The van der Waals surface area contributed by atoms with E-state index in [4.69, 9.17) is 4.74 Å². The zero-order chi connectivity index (χ0) is 14.9. The minimum absolute atomic E-state index is 0.148. The molecule has 3 heterocycles. The molecule has 6 nitrogen and oxygen atoms in total. The molecule has 2 aliphatic rings. The average molecular weight is 292 g/mol. The van der Waals surface area contributed by atoms with Gasteiger partial charge in [-0.15, -0.1) is 0 Å². The number of amides is 1. The standard InChI is InChI=1S/C15H24N4O2/c1-17-8-4-3-6-15(14(17)20)12-19(9-10-21-15)11-13-5-7-16-18(13)2/h5,7H,3-4,6,8-12H2,1-2H3. The molecule has 116 valence electrons. The lowest BCUT2D eigenvalue weighted by Gasteiger charge is -2.42. The minimum atomic E-state index is -0.637. The Bertz CT molecular complexity index is 516. The SMILES string of the molecule is CN1CCCCC2(CN(Cc3ccnn3C)CCO2)C1=O. The second-order valence-electron chi connectivity index (χ2n) is 6.18. The number of likely N-dealkylation sites (N-methyl/N-ethyl adjacent to an activating group) is 1. The number of ether oxygens (including phenoxy) is 1. The van der Waals surface area contributed by atoms with Crippen molar-refractivity contribution in [2.45, 2.75) is 31.4 Å².